The van der Waals surface area contributed by atoms with Crippen LogP contribution in [0.2, 0.25) is 5.02 Å². The molecule has 0 bridgehead atoms. The van der Waals surface area contributed by atoms with Gasteiger partial charge in [0.05, 0.1) is 17.1 Å². The summed E-state index contributed by atoms with van der Waals surface area (Å²) in [6.45, 7) is 0. The Bertz CT molecular complexity index is 482. The van der Waals surface area contributed by atoms with Crippen molar-refractivity contribution in [2.75, 3.05) is 0 Å². The SMILES string of the molecule is Oc1ccc(Cl)cc1-c1nc(CCl)co1. The van der Waals surface area contributed by atoms with Crippen LogP contribution in [0.1, 0.15) is 5.69 Å². The van der Waals surface area contributed by atoms with Gasteiger partial charge >= 0.3 is 0 Å². The number of oxazole rings is 1. The Morgan fingerprint density at radius 3 is 2.87 bits per heavy atom. The second kappa shape index (κ2) is 4.13. The summed E-state index contributed by atoms with van der Waals surface area (Å²) in [6.07, 6.45) is 1.45. The minimum atomic E-state index is 0.0716. The zero-order valence-electron chi connectivity index (χ0n) is 7.58. The fourth-order valence-corrected chi connectivity index (χ4v) is 1.47. The minimum Gasteiger partial charge on any atom is -0.507 e. The van der Waals surface area contributed by atoms with Crippen LogP contribution in [0.5, 0.6) is 5.75 Å². The maximum atomic E-state index is 9.58. The highest BCUT2D eigenvalue weighted by molar-refractivity contribution is 6.30. The number of nitrogens with zero attached hydrogens (tertiary/aromatic N) is 1. The molecule has 1 aromatic carbocycles. The lowest BCUT2D eigenvalue weighted by atomic mass is 10.2. The third kappa shape index (κ3) is 2.08. The van der Waals surface area contributed by atoms with Crippen LogP contribution in [0.25, 0.3) is 11.5 Å². The summed E-state index contributed by atoms with van der Waals surface area (Å²) in [5.41, 5.74) is 1.07. The summed E-state index contributed by atoms with van der Waals surface area (Å²) < 4.78 is 5.16. The third-order valence-corrected chi connectivity index (χ3v) is 2.39. The van der Waals surface area contributed by atoms with E-state index in [-0.39, 0.29) is 11.6 Å². The predicted molar refractivity (Wildman–Crippen MR) is 58.2 cm³/mol. The van der Waals surface area contributed by atoms with E-state index in [1.807, 2.05) is 0 Å². The molecule has 2 rings (SSSR count). The molecule has 0 aliphatic heterocycles. The van der Waals surface area contributed by atoms with E-state index in [9.17, 15) is 5.11 Å². The number of alkyl halides is 1. The Morgan fingerprint density at radius 1 is 1.40 bits per heavy atom. The van der Waals surface area contributed by atoms with Crippen molar-refractivity contribution in [3.63, 3.8) is 0 Å². The van der Waals surface area contributed by atoms with Gasteiger partial charge in [0.15, 0.2) is 0 Å². The normalized spacial score (nSPS) is 10.5. The van der Waals surface area contributed by atoms with Crippen LogP contribution in [0.15, 0.2) is 28.9 Å². The molecule has 2 aromatic rings. The summed E-state index contributed by atoms with van der Waals surface area (Å²) in [6, 6.07) is 4.66. The van der Waals surface area contributed by atoms with E-state index in [1.165, 1.54) is 12.3 Å². The topological polar surface area (TPSA) is 46.3 Å². The molecular formula is C10H7Cl2NO2. The van der Waals surface area contributed by atoms with E-state index in [0.717, 1.165) is 0 Å². The molecule has 0 spiro atoms. The second-order valence-electron chi connectivity index (χ2n) is 2.94. The number of hydrogen-bond acceptors (Lipinski definition) is 3. The number of benzene rings is 1. The van der Waals surface area contributed by atoms with E-state index >= 15 is 0 Å². The molecule has 1 N–H and O–H groups in total. The van der Waals surface area contributed by atoms with Crippen molar-refractivity contribution in [1.29, 1.82) is 0 Å². The number of phenolic OH excluding ortho intramolecular Hbond substituents is 1. The van der Waals surface area contributed by atoms with Gasteiger partial charge in [0.25, 0.3) is 0 Å². The molecule has 1 aromatic heterocycles. The van der Waals surface area contributed by atoms with E-state index in [0.29, 0.717) is 22.2 Å². The molecule has 0 saturated heterocycles. The van der Waals surface area contributed by atoms with Gasteiger partial charge in [0.2, 0.25) is 5.89 Å². The van der Waals surface area contributed by atoms with Crippen LogP contribution in [0.4, 0.5) is 0 Å². The highest BCUT2D eigenvalue weighted by Gasteiger charge is 2.11. The Balaban J connectivity index is 2.48. The highest BCUT2D eigenvalue weighted by Crippen LogP contribution is 2.31. The first-order chi connectivity index (χ1) is 7.20. The fourth-order valence-electron chi connectivity index (χ4n) is 1.17. The Morgan fingerprint density at radius 2 is 2.20 bits per heavy atom. The van der Waals surface area contributed by atoms with Crippen molar-refractivity contribution < 1.29 is 9.52 Å². The molecular weight excluding hydrogens is 237 g/mol. The van der Waals surface area contributed by atoms with Crippen molar-refractivity contribution in [2.24, 2.45) is 0 Å². The van der Waals surface area contributed by atoms with E-state index in [2.05, 4.69) is 4.98 Å². The average molecular weight is 244 g/mol. The van der Waals surface area contributed by atoms with Gasteiger partial charge in [-0.25, -0.2) is 4.98 Å². The predicted octanol–water partition coefficient (Wildman–Crippen LogP) is 3.44. The van der Waals surface area contributed by atoms with Crippen LogP contribution < -0.4 is 0 Å². The molecule has 0 atom stereocenters. The van der Waals surface area contributed by atoms with Crippen LogP contribution >= 0.6 is 23.2 Å². The maximum absolute atomic E-state index is 9.58. The van der Waals surface area contributed by atoms with Gasteiger partial charge in [-0.3, -0.25) is 0 Å². The van der Waals surface area contributed by atoms with Crippen molar-refractivity contribution in [2.45, 2.75) is 5.88 Å². The average Bonchev–Trinajstić information content (AvgIpc) is 2.70. The number of hydrogen-bond donors (Lipinski definition) is 1. The summed E-state index contributed by atoms with van der Waals surface area (Å²) in [7, 11) is 0. The van der Waals surface area contributed by atoms with Crippen LogP contribution in [0.3, 0.4) is 0 Å². The molecule has 5 heteroatoms. The lowest BCUT2D eigenvalue weighted by molar-refractivity contribution is 0.473. The monoisotopic (exact) mass is 243 g/mol. The first kappa shape index (κ1) is 10.3. The van der Waals surface area contributed by atoms with Crippen LogP contribution in [-0.4, -0.2) is 10.1 Å². The first-order valence-corrected chi connectivity index (χ1v) is 5.11. The van der Waals surface area contributed by atoms with Gasteiger partial charge in [-0.1, -0.05) is 11.6 Å². The summed E-state index contributed by atoms with van der Waals surface area (Å²) >= 11 is 11.4. The smallest absolute Gasteiger partial charge is 0.229 e. The molecule has 0 fully saturated rings. The number of aromatic nitrogens is 1. The van der Waals surface area contributed by atoms with Crippen LogP contribution in [0, 0.1) is 0 Å². The molecule has 0 radical (unpaired) electrons. The number of halogens is 2. The lowest BCUT2D eigenvalue weighted by Gasteiger charge is -1.99. The molecule has 0 amide bonds. The third-order valence-electron chi connectivity index (χ3n) is 1.88. The number of rotatable bonds is 2. The summed E-state index contributed by atoms with van der Waals surface area (Å²) in [4.78, 5) is 4.08. The molecule has 15 heavy (non-hydrogen) atoms. The minimum absolute atomic E-state index is 0.0716. The standard InChI is InChI=1S/C10H7Cl2NO2/c11-4-7-5-15-10(13-7)8-3-6(12)1-2-9(8)14/h1-3,5,14H,4H2. The molecule has 3 nitrogen and oxygen atoms in total. The van der Waals surface area contributed by atoms with Crippen molar-refractivity contribution in [1.82, 2.24) is 4.98 Å². The van der Waals surface area contributed by atoms with Gasteiger partial charge in [-0.05, 0) is 18.2 Å². The molecule has 0 aliphatic rings. The molecule has 0 aliphatic carbocycles. The van der Waals surface area contributed by atoms with Gasteiger partial charge in [-0.15, -0.1) is 11.6 Å². The largest absolute Gasteiger partial charge is 0.507 e. The van der Waals surface area contributed by atoms with Crippen LogP contribution in [-0.2, 0) is 5.88 Å². The van der Waals surface area contributed by atoms with E-state index in [1.54, 1.807) is 12.1 Å². The Labute approximate surface area is 96.3 Å². The highest BCUT2D eigenvalue weighted by atomic mass is 35.5. The van der Waals surface area contributed by atoms with Gasteiger partial charge < -0.3 is 9.52 Å². The van der Waals surface area contributed by atoms with Crippen molar-refractivity contribution in [3.8, 4) is 17.2 Å². The maximum Gasteiger partial charge on any atom is 0.229 e. The summed E-state index contributed by atoms with van der Waals surface area (Å²) in [5.74, 6) is 0.651. The molecule has 0 saturated carbocycles. The number of aromatic hydroxyl groups is 1. The quantitative estimate of drug-likeness (QED) is 0.823. The molecule has 1 heterocycles. The zero-order valence-corrected chi connectivity index (χ0v) is 9.09. The molecule has 78 valence electrons. The summed E-state index contributed by atoms with van der Waals surface area (Å²) in [5, 5.41) is 10.1. The van der Waals surface area contributed by atoms with Gasteiger partial charge in [-0.2, -0.15) is 0 Å². The Hall–Kier alpha value is -1.19. The van der Waals surface area contributed by atoms with Gasteiger partial charge in [0, 0.05) is 5.02 Å². The second-order valence-corrected chi connectivity index (χ2v) is 3.64. The number of phenols is 1. The van der Waals surface area contributed by atoms with E-state index in [4.69, 9.17) is 27.6 Å². The zero-order chi connectivity index (χ0) is 10.8. The van der Waals surface area contributed by atoms with E-state index < -0.39 is 0 Å². The lowest BCUT2D eigenvalue weighted by Crippen LogP contribution is -1.81. The molecule has 0 unspecified atom stereocenters. The Kier molecular flexibility index (Phi) is 2.84. The fraction of sp³-hybridized carbons (Fsp3) is 0.100. The van der Waals surface area contributed by atoms with Crippen molar-refractivity contribution >= 4 is 23.2 Å². The first-order valence-electron chi connectivity index (χ1n) is 4.20. The van der Waals surface area contributed by atoms with Crippen molar-refractivity contribution in [3.05, 3.63) is 35.2 Å². The van der Waals surface area contributed by atoms with Gasteiger partial charge in [0.1, 0.15) is 12.0 Å².